The van der Waals surface area contributed by atoms with Crippen molar-refractivity contribution in [2.45, 2.75) is 19.3 Å². The molecule has 0 unspecified atom stereocenters. The molecule has 7 heteroatoms. The lowest BCUT2D eigenvalue weighted by atomic mass is 9.96. The average molecular weight is 378 g/mol. The number of hydrogen-bond donors (Lipinski definition) is 2. The third-order valence-electron chi connectivity index (χ3n) is 3.60. The molecule has 0 atom stereocenters. The molecule has 0 fully saturated rings. The molecule has 0 aliphatic carbocycles. The van der Waals surface area contributed by atoms with Crippen LogP contribution in [0.4, 0.5) is 0 Å². The molecule has 0 saturated carbocycles. The summed E-state index contributed by atoms with van der Waals surface area (Å²) >= 11 is 12.3. The summed E-state index contributed by atoms with van der Waals surface area (Å²) in [5.41, 5.74) is 1.03. The fourth-order valence-corrected chi connectivity index (χ4v) is 2.89. The van der Waals surface area contributed by atoms with E-state index in [4.69, 9.17) is 28.3 Å². The van der Waals surface area contributed by atoms with Gasteiger partial charge in [-0.1, -0.05) is 29.3 Å². The molecule has 0 aromatic heterocycles. The third kappa shape index (κ3) is 4.50. The summed E-state index contributed by atoms with van der Waals surface area (Å²) in [5, 5.41) is 28.8. The second-order valence-electron chi connectivity index (χ2n) is 5.35. The predicted octanol–water partition coefficient (Wildman–Crippen LogP) is 4.21. The van der Waals surface area contributed by atoms with Crippen molar-refractivity contribution >= 4 is 35.0 Å². The van der Waals surface area contributed by atoms with Crippen LogP contribution < -0.4 is 0 Å². The third-order valence-corrected chi connectivity index (χ3v) is 4.31. The van der Waals surface area contributed by atoms with Gasteiger partial charge in [-0.25, -0.2) is 0 Å². The summed E-state index contributed by atoms with van der Waals surface area (Å²) in [6, 6.07) is 9.75. The summed E-state index contributed by atoms with van der Waals surface area (Å²) in [6.07, 6.45) is -0.378. The number of ketones is 1. The molecular formula is C18H13Cl2NO4. The van der Waals surface area contributed by atoms with E-state index in [2.05, 4.69) is 0 Å². The zero-order valence-corrected chi connectivity index (χ0v) is 14.4. The molecule has 0 saturated heterocycles. The highest BCUT2D eigenvalue weighted by atomic mass is 35.5. The van der Waals surface area contributed by atoms with E-state index in [1.165, 1.54) is 12.1 Å². The maximum atomic E-state index is 12.2. The minimum atomic E-state index is -1.12. The number of carbonyl (C=O) groups is 2. The zero-order valence-electron chi connectivity index (χ0n) is 12.9. The summed E-state index contributed by atoms with van der Waals surface area (Å²) in [7, 11) is 0. The minimum absolute atomic E-state index is 0.0700. The van der Waals surface area contributed by atoms with Gasteiger partial charge in [-0.05, 0) is 35.4 Å². The van der Waals surface area contributed by atoms with Gasteiger partial charge in [-0.3, -0.25) is 9.59 Å². The van der Waals surface area contributed by atoms with Crippen LogP contribution in [0.2, 0.25) is 10.0 Å². The van der Waals surface area contributed by atoms with Crippen molar-refractivity contribution in [3.8, 4) is 11.8 Å². The summed E-state index contributed by atoms with van der Waals surface area (Å²) in [5.74, 6) is -2.12. The van der Waals surface area contributed by atoms with Crippen molar-refractivity contribution in [1.82, 2.24) is 0 Å². The molecule has 0 spiro atoms. The van der Waals surface area contributed by atoms with Gasteiger partial charge in [0.1, 0.15) is 11.8 Å². The van der Waals surface area contributed by atoms with Gasteiger partial charge in [0.25, 0.3) is 0 Å². The van der Waals surface area contributed by atoms with E-state index < -0.39 is 17.5 Å². The summed E-state index contributed by atoms with van der Waals surface area (Å²) < 4.78 is 0. The Morgan fingerprint density at radius 2 is 1.76 bits per heavy atom. The number of rotatable bonds is 6. The van der Waals surface area contributed by atoms with Crippen LogP contribution in [-0.2, 0) is 11.2 Å². The first-order valence-corrected chi connectivity index (χ1v) is 8.03. The van der Waals surface area contributed by atoms with Crippen molar-refractivity contribution in [3.63, 3.8) is 0 Å². The van der Waals surface area contributed by atoms with Crippen LogP contribution in [0.1, 0.15) is 39.9 Å². The molecule has 0 amide bonds. The molecule has 25 heavy (non-hydrogen) atoms. The van der Waals surface area contributed by atoms with E-state index in [9.17, 15) is 20.0 Å². The largest absolute Gasteiger partial charge is 0.506 e. The number of Topliss-reactive ketones (excluding diaryl/α,β-unsaturated/α-hetero) is 1. The van der Waals surface area contributed by atoms with Crippen molar-refractivity contribution in [2.75, 3.05) is 0 Å². The van der Waals surface area contributed by atoms with Crippen LogP contribution in [0.3, 0.4) is 0 Å². The Hall–Kier alpha value is -2.55. The maximum absolute atomic E-state index is 12.2. The highest BCUT2D eigenvalue weighted by Crippen LogP contribution is 2.31. The van der Waals surface area contributed by atoms with Crippen molar-refractivity contribution in [1.29, 1.82) is 5.26 Å². The molecular weight excluding hydrogens is 365 g/mol. The second kappa shape index (κ2) is 8.02. The van der Waals surface area contributed by atoms with E-state index in [0.29, 0.717) is 21.2 Å². The smallest absolute Gasteiger partial charge is 0.303 e. The zero-order chi connectivity index (χ0) is 18.6. The molecule has 0 bridgehead atoms. The lowest BCUT2D eigenvalue weighted by molar-refractivity contribution is -0.136. The Morgan fingerprint density at radius 1 is 1.12 bits per heavy atom. The number of nitriles is 1. The first-order valence-electron chi connectivity index (χ1n) is 7.27. The maximum Gasteiger partial charge on any atom is 0.303 e. The van der Waals surface area contributed by atoms with Crippen LogP contribution >= 0.6 is 23.2 Å². The van der Waals surface area contributed by atoms with Crippen LogP contribution in [0.25, 0.3) is 0 Å². The van der Waals surface area contributed by atoms with E-state index in [1.54, 1.807) is 18.2 Å². The SMILES string of the molecule is N#Cc1cc(Cc2c(Cl)cccc2Cl)cc(C(=O)CCC(=O)O)c1O. The molecule has 0 aliphatic rings. The van der Waals surface area contributed by atoms with Gasteiger partial charge in [0.15, 0.2) is 5.78 Å². The molecule has 0 heterocycles. The normalized spacial score (nSPS) is 10.3. The molecule has 2 rings (SSSR count). The quantitative estimate of drug-likeness (QED) is 0.734. The number of carboxylic acids is 1. The van der Waals surface area contributed by atoms with Gasteiger partial charge >= 0.3 is 5.97 Å². The number of phenolic OH excluding ortho intramolecular Hbond substituents is 1. The highest BCUT2D eigenvalue weighted by molar-refractivity contribution is 6.36. The average Bonchev–Trinajstić information content (AvgIpc) is 2.57. The Labute approximate surface area is 154 Å². The first-order chi connectivity index (χ1) is 11.8. The number of carbonyl (C=O) groups excluding carboxylic acids is 1. The Kier molecular flexibility index (Phi) is 6.02. The van der Waals surface area contributed by atoms with Gasteiger partial charge in [-0.2, -0.15) is 5.26 Å². The number of benzene rings is 2. The summed E-state index contributed by atoms with van der Waals surface area (Å²) in [4.78, 5) is 22.8. The number of carboxylic acid groups (broad SMARTS) is 1. The van der Waals surface area contributed by atoms with E-state index in [1.807, 2.05) is 6.07 Å². The van der Waals surface area contributed by atoms with Crippen LogP contribution in [0.5, 0.6) is 5.75 Å². The molecule has 128 valence electrons. The Morgan fingerprint density at radius 3 is 2.32 bits per heavy atom. The van der Waals surface area contributed by atoms with E-state index in [-0.39, 0.29) is 30.4 Å². The fraction of sp³-hybridized carbons (Fsp3) is 0.167. The lowest BCUT2D eigenvalue weighted by Crippen LogP contribution is -2.06. The van der Waals surface area contributed by atoms with Gasteiger partial charge < -0.3 is 10.2 Å². The standard InChI is InChI=1S/C18H13Cl2NO4/c19-14-2-1-3-15(20)12(14)7-10-6-11(9-21)18(25)13(8-10)16(22)4-5-17(23)24/h1-3,6,8,25H,4-5,7H2,(H,23,24). The van der Waals surface area contributed by atoms with E-state index >= 15 is 0 Å². The lowest BCUT2D eigenvalue weighted by Gasteiger charge is -2.11. The van der Waals surface area contributed by atoms with Gasteiger partial charge in [0.05, 0.1) is 17.5 Å². The van der Waals surface area contributed by atoms with Gasteiger partial charge in [-0.15, -0.1) is 0 Å². The minimum Gasteiger partial charge on any atom is -0.506 e. The number of hydrogen-bond acceptors (Lipinski definition) is 4. The molecule has 2 aromatic rings. The molecule has 0 aliphatic heterocycles. The highest BCUT2D eigenvalue weighted by Gasteiger charge is 2.18. The molecule has 5 nitrogen and oxygen atoms in total. The first kappa shape index (κ1) is 18.8. The molecule has 0 radical (unpaired) electrons. The monoisotopic (exact) mass is 377 g/mol. The van der Waals surface area contributed by atoms with E-state index in [0.717, 1.165) is 0 Å². The molecule has 2 aromatic carbocycles. The Balaban J connectivity index is 2.43. The Bertz CT molecular complexity index is 867. The van der Waals surface area contributed by atoms with Crippen molar-refractivity contribution < 1.29 is 19.8 Å². The number of aromatic hydroxyl groups is 1. The number of phenols is 1. The second-order valence-corrected chi connectivity index (χ2v) is 6.16. The molecule has 2 N–H and O–H groups in total. The van der Waals surface area contributed by atoms with Crippen LogP contribution in [0, 0.1) is 11.3 Å². The number of aliphatic carboxylic acids is 1. The van der Waals surface area contributed by atoms with Crippen molar-refractivity contribution in [2.24, 2.45) is 0 Å². The predicted molar refractivity (Wildman–Crippen MR) is 93.3 cm³/mol. The van der Waals surface area contributed by atoms with Crippen LogP contribution in [0.15, 0.2) is 30.3 Å². The number of halogens is 2. The summed E-state index contributed by atoms with van der Waals surface area (Å²) in [6.45, 7) is 0. The number of nitrogens with zero attached hydrogens (tertiary/aromatic N) is 1. The van der Waals surface area contributed by atoms with Gasteiger partial charge in [0.2, 0.25) is 0 Å². The van der Waals surface area contributed by atoms with Crippen LogP contribution in [-0.4, -0.2) is 22.0 Å². The fourth-order valence-electron chi connectivity index (χ4n) is 2.35. The van der Waals surface area contributed by atoms with Gasteiger partial charge in [0, 0.05) is 22.9 Å². The topological polar surface area (TPSA) is 98.4 Å². The van der Waals surface area contributed by atoms with Crippen molar-refractivity contribution in [3.05, 3.63) is 62.6 Å².